The lowest BCUT2D eigenvalue weighted by Gasteiger charge is -2.37. The highest BCUT2D eigenvalue weighted by atomic mass is 32.1. The fourth-order valence-corrected chi connectivity index (χ4v) is 4.13. The van der Waals surface area contributed by atoms with Crippen LogP contribution in [0, 0.1) is 5.92 Å². The molecule has 2 heterocycles. The summed E-state index contributed by atoms with van der Waals surface area (Å²) in [6.07, 6.45) is 11.2. The Balaban J connectivity index is 0.000000249. The SMILES string of the molecule is CCc1nncs1.OCC1CC(O)CC(C2CCCCCCC2)O1. The maximum Gasteiger partial charge on any atom is 0.116 e. The number of aliphatic hydroxyl groups is 2. The molecule has 1 saturated heterocycles. The molecule has 1 aliphatic heterocycles. The van der Waals surface area contributed by atoms with Gasteiger partial charge in [-0.25, -0.2) is 0 Å². The first-order valence-electron chi connectivity index (χ1n) is 9.42. The average Bonchev–Trinajstić information content (AvgIpc) is 3.08. The molecule has 3 unspecified atom stereocenters. The van der Waals surface area contributed by atoms with Gasteiger partial charge >= 0.3 is 0 Å². The number of aromatic nitrogens is 2. The van der Waals surface area contributed by atoms with Crippen LogP contribution in [0.15, 0.2) is 5.51 Å². The van der Waals surface area contributed by atoms with E-state index in [1.165, 1.54) is 44.9 Å². The van der Waals surface area contributed by atoms with Crippen LogP contribution < -0.4 is 0 Å². The fourth-order valence-electron chi connectivity index (χ4n) is 3.66. The molecule has 0 bridgehead atoms. The first-order chi connectivity index (χ1) is 11.7. The number of hydrogen-bond donors (Lipinski definition) is 2. The van der Waals surface area contributed by atoms with E-state index in [9.17, 15) is 10.2 Å². The Kier molecular flexibility index (Phi) is 9.17. The highest BCUT2D eigenvalue weighted by Crippen LogP contribution is 2.32. The maximum absolute atomic E-state index is 9.85. The quantitative estimate of drug-likeness (QED) is 0.869. The number of rotatable bonds is 3. The number of aliphatic hydroxyl groups excluding tert-OH is 2. The minimum Gasteiger partial charge on any atom is -0.394 e. The summed E-state index contributed by atoms with van der Waals surface area (Å²) >= 11 is 1.60. The van der Waals surface area contributed by atoms with Gasteiger partial charge in [0.15, 0.2) is 0 Å². The predicted molar refractivity (Wildman–Crippen MR) is 96.1 cm³/mol. The second-order valence-electron chi connectivity index (χ2n) is 6.90. The van der Waals surface area contributed by atoms with Gasteiger partial charge in [0.05, 0.1) is 24.9 Å². The Morgan fingerprint density at radius 2 is 1.88 bits per heavy atom. The van der Waals surface area contributed by atoms with Crippen LogP contribution in [-0.2, 0) is 11.2 Å². The first kappa shape index (κ1) is 19.8. The molecule has 1 aromatic heterocycles. The number of aryl methyl sites for hydroxylation is 1. The standard InChI is InChI=1S/C14H26O3.C4H6N2S/c15-10-13-8-12(16)9-14(17-13)11-6-4-2-1-3-5-7-11;1-2-4-6-5-3-7-4/h11-16H,1-10H2;3H,2H2,1H3. The first-order valence-corrected chi connectivity index (χ1v) is 10.3. The zero-order chi connectivity index (χ0) is 17.2. The molecule has 2 N–H and O–H groups in total. The summed E-state index contributed by atoms with van der Waals surface area (Å²) < 4.78 is 5.93. The van der Waals surface area contributed by atoms with E-state index < -0.39 is 0 Å². The van der Waals surface area contributed by atoms with Gasteiger partial charge in [0.25, 0.3) is 0 Å². The highest BCUT2D eigenvalue weighted by molar-refractivity contribution is 7.09. The summed E-state index contributed by atoms with van der Waals surface area (Å²) in [5, 5.41) is 27.6. The van der Waals surface area contributed by atoms with Crippen molar-refractivity contribution >= 4 is 11.3 Å². The van der Waals surface area contributed by atoms with Crippen molar-refractivity contribution in [3.8, 4) is 0 Å². The van der Waals surface area contributed by atoms with Crippen LogP contribution in [0.25, 0.3) is 0 Å². The fraction of sp³-hybridized carbons (Fsp3) is 0.889. The molecule has 0 radical (unpaired) electrons. The Morgan fingerprint density at radius 1 is 1.17 bits per heavy atom. The lowest BCUT2D eigenvalue weighted by Crippen LogP contribution is -2.41. The molecule has 5 nitrogen and oxygen atoms in total. The lowest BCUT2D eigenvalue weighted by atomic mass is 9.83. The van der Waals surface area contributed by atoms with E-state index >= 15 is 0 Å². The van der Waals surface area contributed by atoms with Gasteiger partial charge in [-0.2, -0.15) is 0 Å². The van der Waals surface area contributed by atoms with E-state index in [0.717, 1.165) is 17.8 Å². The van der Waals surface area contributed by atoms with Crippen LogP contribution in [0.2, 0.25) is 0 Å². The predicted octanol–water partition coefficient (Wildman–Crippen LogP) is 3.35. The molecule has 1 aromatic rings. The Labute approximate surface area is 149 Å². The van der Waals surface area contributed by atoms with E-state index in [2.05, 4.69) is 17.1 Å². The van der Waals surface area contributed by atoms with Crippen molar-refractivity contribution in [3.63, 3.8) is 0 Å². The summed E-state index contributed by atoms with van der Waals surface area (Å²) in [6.45, 7) is 2.11. The molecule has 1 saturated carbocycles. The van der Waals surface area contributed by atoms with Gasteiger partial charge in [0, 0.05) is 6.42 Å². The summed E-state index contributed by atoms with van der Waals surface area (Å²) in [5.74, 6) is 0.597. The van der Waals surface area contributed by atoms with Crippen LogP contribution in [0.1, 0.15) is 69.7 Å². The summed E-state index contributed by atoms with van der Waals surface area (Å²) in [4.78, 5) is 0. The van der Waals surface area contributed by atoms with Gasteiger partial charge in [-0.1, -0.05) is 39.0 Å². The van der Waals surface area contributed by atoms with Gasteiger partial charge in [0.1, 0.15) is 10.5 Å². The molecule has 1 aliphatic carbocycles. The third-order valence-corrected chi connectivity index (χ3v) is 5.84. The van der Waals surface area contributed by atoms with Crippen molar-refractivity contribution < 1.29 is 14.9 Å². The molecule has 138 valence electrons. The summed E-state index contributed by atoms with van der Waals surface area (Å²) in [6, 6.07) is 0. The van der Waals surface area contributed by atoms with E-state index in [1.807, 2.05) is 0 Å². The Morgan fingerprint density at radius 3 is 2.42 bits per heavy atom. The van der Waals surface area contributed by atoms with Crippen LogP contribution in [0.5, 0.6) is 0 Å². The second-order valence-corrected chi connectivity index (χ2v) is 7.81. The molecule has 24 heavy (non-hydrogen) atoms. The van der Waals surface area contributed by atoms with E-state index in [4.69, 9.17) is 4.74 Å². The summed E-state index contributed by atoms with van der Waals surface area (Å²) in [5.41, 5.74) is 1.75. The van der Waals surface area contributed by atoms with Gasteiger partial charge in [-0.3, -0.25) is 0 Å². The largest absolute Gasteiger partial charge is 0.394 e. The van der Waals surface area contributed by atoms with Crippen molar-refractivity contribution in [2.45, 2.75) is 89.4 Å². The minimum atomic E-state index is -0.281. The van der Waals surface area contributed by atoms with Crippen LogP contribution >= 0.6 is 11.3 Å². The van der Waals surface area contributed by atoms with Gasteiger partial charge in [-0.15, -0.1) is 21.5 Å². The third kappa shape index (κ3) is 6.75. The van der Waals surface area contributed by atoms with Gasteiger partial charge in [-0.05, 0) is 31.6 Å². The number of hydrogen-bond acceptors (Lipinski definition) is 6. The second kappa shape index (κ2) is 11.1. The van der Waals surface area contributed by atoms with Crippen molar-refractivity contribution in [1.82, 2.24) is 10.2 Å². The number of nitrogens with zero attached hydrogens (tertiary/aromatic N) is 2. The molecular formula is C18H32N2O3S. The molecule has 0 amide bonds. The minimum absolute atomic E-state index is 0.0419. The maximum atomic E-state index is 9.85. The van der Waals surface area contributed by atoms with E-state index in [0.29, 0.717) is 12.3 Å². The lowest BCUT2D eigenvalue weighted by molar-refractivity contribution is -0.133. The van der Waals surface area contributed by atoms with E-state index in [1.54, 1.807) is 16.8 Å². The highest BCUT2D eigenvalue weighted by Gasteiger charge is 2.32. The zero-order valence-corrected chi connectivity index (χ0v) is 15.6. The summed E-state index contributed by atoms with van der Waals surface area (Å²) in [7, 11) is 0. The smallest absolute Gasteiger partial charge is 0.116 e. The van der Waals surface area contributed by atoms with Crippen LogP contribution in [0.4, 0.5) is 0 Å². The van der Waals surface area contributed by atoms with Crippen LogP contribution in [-0.4, -0.2) is 45.3 Å². The zero-order valence-electron chi connectivity index (χ0n) is 14.8. The molecule has 0 spiro atoms. The van der Waals surface area contributed by atoms with Crippen molar-refractivity contribution in [3.05, 3.63) is 10.5 Å². The van der Waals surface area contributed by atoms with Crippen LogP contribution in [0.3, 0.4) is 0 Å². The molecular weight excluding hydrogens is 324 g/mol. The van der Waals surface area contributed by atoms with Crippen molar-refractivity contribution in [1.29, 1.82) is 0 Å². The third-order valence-electron chi connectivity index (χ3n) is 4.99. The Hall–Kier alpha value is -0.560. The van der Waals surface area contributed by atoms with Crippen molar-refractivity contribution in [2.24, 2.45) is 5.92 Å². The topological polar surface area (TPSA) is 75.5 Å². The molecule has 3 atom stereocenters. The number of ether oxygens (including phenoxy) is 1. The van der Waals surface area contributed by atoms with Crippen molar-refractivity contribution in [2.75, 3.05) is 6.61 Å². The molecule has 2 fully saturated rings. The molecule has 3 rings (SSSR count). The normalized spacial score (nSPS) is 29.2. The van der Waals surface area contributed by atoms with E-state index in [-0.39, 0.29) is 24.9 Å². The monoisotopic (exact) mass is 356 g/mol. The Bertz CT molecular complexity index is 422. The molecule has 2 aliphatic rings. The average molecular weight is 357 g/mol. The molecule has 6 heteroatoms. The van der Waals surface area contributed by atoms with Gasteiger partial charge < -0.3 is 14.9 Å². The molecule has 0 aromatic carbocycles. The van der Waals surface area contributed by atoms with Gasteiger partial charge in [0.2, 0.25) is 0 Å².